The van der Waals surface area contributed by atoms with Crippen LogP contribution < -0.4 is 11.4 Å². The summed E-state index contributed by atoms with van der Waals surface area (Å²) in [7, 11) is 1.30. The second kappa shape index (κ2) is 6.51. The first-order valence-electron chi connectivity index (χ1n) is 6.43. The number of hydrogen-bond donors (Lipinski definition) is 2. The number of nitrogens with two attached hydrogens (primary N) is 1. The quantitative estimate of drug-likeness (QED) is 0.760. The smallest absolute Gasteiger partial charge is 0.351 e. The van der Waals surface area contributed by atoms with Gasteiger partial charge in [0.2, 0.25) is 0 Å². The summed E-state index contributed by atoms with van der Waals surface area (Å²) in [5.74, 6) is 0.152. The number of rotatable bonds is 5. The summed E-state index contributed by atoms with van der Waals surface area (Å²) in [6, 6.07) is 1.52. The highest BCUT2D eigenvalue weighted by Gasteiger charge is 2.39. The maximum Gasteiger partial charge on any atom is 0.351 e. The molecule has 0 aliphatic carbocycles. The summed E-state index contributed by atoms with van der Waals surface area (Å²) in [5, 5.41) is 0. The maximum atomic E-state index is 11.8. The molecular formula is C11H18N3O5PS. The largest absolute Gasteiger partial charge is 0.383 e. The molecule has 2 rings (SSSR count). The van der Waals surface area contributed by atoms with Gasteiger partial charge in [0, 0.05) is 19.7 Å². The molecule has 1 saturated heterocycles. The Balaban J connectivity index is 2.18. The third-order valence-corrected chi connectivity index (χ3v) is 4.95. The van der Waals surface area contributed by atoms with Gasteiger partial charge in [-0.1, -0.05) is 6.92 Å². The SMILES string of the molecule is CC[C@H]1OC(n2ccc(N)nc2=O)CC1OP(O)(=S)OC. The normalized spacial score (nSPS) is 28.4. The maximum absolute atomic E-state index is 11.8. The molecule has 0 amide bonds. The van der Waals surface area contributed by atoms with Crippen molar-refractivity contribution in [3.8, 4) is 0 Å². The molecule has 0 spiro atoms. The fourth-order valence-electron chi connectivity index (χ4n) is 2.20. The first-order valence-corrected chi connectivity index (χ1v) is 9.02. The summed E-state index contributed by atoms with van der Waals surface area (Å²) in [5.41, 5.74) is 4.96. The minimum Gasteiger partial charge on any atom is -0.383 e. The minimum atomic E-state index is -3.28. The third-order valence-electron chi connectivity index (χ3n) is 3.24. The Labute approximate surface area is 127 Å². The van der Waals surface area contributed by atoms with Crippen LogP contribution in [0.15, 0.2) is 17.1 Å². The fraction of sp³-hybridized carbons (Fsp3) is 0.636. The van der Waals surface area contributed by atoms with Gasteiger partial charge in [0.15, 0.2) is 0 Å². The molecular weight excluding hydrogens is 317 g/mol. The molecule has 0 bridgehead atoms. The molecule has 2 heterocycles. The van der Waals surface area contributed by atoms with Crippen molar-refractivity contribution in [3.63, 3.8) is 0 Å². The van der Waals surface area contributed by atoms with Gasteiger partial charge >= 0.3 is 12.4 Å². The van der Waals surface area contributed by atoms with E-state index < -0.39 is 24.7 Å². The van der Waals surface area contributed by atoms with Crippen LogP contribution in [-0.4, -0.2) is 33.8 Å². The number of ether oxygens (including phenoxy) is 1. The minimum absolute atomic E-state index is 0.152. The molecule has 21 heavy (non-hydrogen) atoms. The van der Waals surface area contributed by atoms with Crippen LogP contribution in [0.1, 0.15) is 26.0 Å². The highest BCUT2D eigenvalue weighted by molar-refractivity contribution is 8.07. The van der Waals surface area contributed by atoms with Crippen molar-refractivity contribution in [1.82, 2.24) is 9.55 Å². The lowest BCUT2D eigenvalue weighted by Gasteiger charge is -2.21. The van der Waals surface area contributed by atoms with Crippen LogP contribution in [0.4, 0.5) is 5.82 Å². The zero-order valence-electron chi connectivity index (χ0n) is 11.7. The topological polar surface area (TPSA) is 109 Å². The van der Waals surface area contributed by atoms with Gasteiger partial charge in [-0.2, -0.15) is 4.98 Å². The predicted octanol–water partition coefficient (Wildman–Crippen LogP) is 0.771. The van der Waals surface area contributed by atoms with Gasteiger partial charge in [0.25, 0.3) is 0 Å². The van der Waals surface area contributed by atoms with Crippen LogP contribution in [0, 0.1) is 0 Å². The van der Waals surface area contributed by atoms with E-state index in [1.165, 1.54) is 23.9 Å². The van der Waals surface area contributed by atoms with E-state index in [0.717, 1.165) is 0 Å². The van der Waals surface area contributed by atoms with E-state index in [2.05, 4.69) is 4.98 Å². The zero-order chi connectivity index (χ0) is 15.6. The van der Waals surface area contributed by atoms with E-state index in [-0.39, 0.29) is 11.9 Å². The van der Waals surface area contributed by atoms with Gasteiger partial charge in [-0.3, -0.25) is 4.57 Å². The monoisotopic (exact) mass is 335 g/mol. The van der Waals surface area contributed by atoms with E-state index in [1.54, 1.807) is 0 Å². The lowest BCUT2D eigenvalue weighted by atomic mass is 10.1. The molecule has 1 aromatic heterocycles. The van der Waals surface area contributed by atoms with Crippen molar-refractivity contribution in [2.24, 2.45) is 0 Å². The second-order valence-corrected chi connectivity index (χ2v) is 7.51. The van der Waals surface area contributed by atoms with Crippen LogP contribution in [0.3, 0.4) is 0 Å². The first-order chi connectivity index (χ1) is 9.86. The van der Waals surface area contributed by atoms with Gasteiger partial charge in [0.05, 0.1) is 12.2 Å². The van der Waals surface area contributed by atoms with Crippen molar-refractivity contribution < 1.29 is 18.7 Å². The summed E-state index contributed by atoms with van der Waals surface area (Å²) >= 11 is 4.85. The van der Waals surface area contributed by atoms with Crippen molar-refractivity contribution in [3.05, 3.63) is 22.7 Å². The van der Waals surface area contributed by atoms with Crippen molar-refractivity contribution in [2.45, 2.75) is 38.2 Å². The molecule has 0 radical (unpaired) electrons. The first kappa shape index (κ1) is 16.5. The number of hydrogen-bond acceptors (Lipinski definition) is 7. The number of aromatic nitrogens is 2. The van der Waals surface area contributed by atoms with E-state index in [4.69, 9.17) is 31.3 Å². The van der Waals surface area contributed by atoms with Crippen molar-refractivity contribution >= 4 is 24.3 Å². The van der Waals surface area contributed by atoms with Gasteiger partial charge in [-0.05, 0) is 24.3 Å². The Morgan fingerprint density at radius 2 is 2.43 bits per heavy atom. The number of nitrogen functional groups attached to an aromatic ring is 1. The summed E-state index contributed by atoms with van der Waals surface area (Å²) < 4.78 is 17.3. The van der Waals surface area contributed by atoms with E-state index in [9.17, 15) is 9.69 Å². The Bertz CT molecular complexity index is 610. The Morgan fingerprint density at radius 3 is 3.00 bits per heavy atom. The van der Waals surface area contributed by atoms with Gasteiger partial charge in [-0.15, -0.1) is 0 Å². The molecule has 1 aliphatic rings. The molecule has 1 fully saturated rings. The molecule has 3 unspecified atom stereocenters. The van der Waals surface area contributed by atoms with Crippen molar-refractivity contribution in [2.75, 3.05) is 12.8 Å². The summed E-state index contributed by atoms with van der Waals surface area (Å²) in [6.07, 6.45) is 1.27. The molecule has 0 aromatic carbocycles. The van der Waals surface area contributed by atoms with Crippen LogP contribution in [0.25, 0.3) is 0 Å². The Morgan fingerprint density at radius 1 is 1.71 bits per heavy atom. The van der Waals surface area contributed by atoms with Crippen LogP contribution >= 0.6 is 6.72 Å². The summed E-state index contributed by atoms with van der Waals surface area (Å²) in [6.45, 7) is -1.36. The number of anilines is 1. The van der Waals surface area contributed by atoms with E-state index in [1.807, 2.05) is 6.92 Å². The predicted molar refractivity (Wildman–Crippen MR) is 80.1 cm³/mol. The van der Waals surface area contributed by atoms with Crippen LogP contribution in [-0.2, 0) is 25.6 Å². The Hall–Kier alpha value is -0.830. The molecule has 10 heteroatoms. The third kappa shape index (κ3) is 3.88. The highest BCUT2D eigenvalue weighted by atomic mass is 32.5. The molecule has 8 nitrogen and oxygen atoms in total. The van der Waals surface area contributed by atoms with Gasteiger partial charge in [0.1, 0.15) is 12.0 Å². The van der Waals surface area contributed by atoms with E-state index in [0.29, 0.717) is 12.8 Å². The van der Waals surface area contributed by atoms with Gasteiger partial charge in [-0.25, -0.2) is 4.79 Å². The molecule has 3 N–H and O–H groups in total. The lowest BCUT2D eigenvalue weighted by Crippen LogP contribution is -2.27. The highest BCUT2D eigenvalue weighted by Crippen LogP contribution is 2.48. The van der Waals surface area contributed by atoms with Crippen LogP contribution in [0.5, 0.6) is 0 Å². The zero-order valence-corrected chi connectivity index (χ0v) is 13.4. The van der Waals surface area contributed by atoms with Gasteiger partial charge < -0.3 is 24.4 Å². The van der Waals surface area contributed by atoms with Crippen LogP contribution in [0.2, 0.25) is 0 Å². The Kier molecular flexibility index (Phi) is 5.13. The average Bonchev–Trinajstić information content (AvgIpc) is 2.80. The molecule has 4 atom stereocenters. The number of nitrogens with zero attached hydrogens (tertiary/aromatic N) is 2. The average molecular weight is 335 g/mol. The summed E-state index contributed by atoms with van der Waals surface area (Å²) in [4.78, 5) is 25.3. The lowest BCUT2D eigenvalue weighted by molar-refractivity contribution is -0.0198. The molecule has 1 aromatic rings. The molecule has 1 aliphatic heterocycles. The molecule has 0 saturated carbocycles. The van der Waals surface area contributed by atoms with E-state index >= 15 is 0 Å². The fourth-order valence-corrected chi connectivity index (χ4v) is 3.19. The van der Waals surface area contributed by atoms with Crippen molar-refractivity contribution in [1.29, 1.82) is 0 Å². The standard InChI is InChI=1S/C11H18N3O5PS/c1-3-7-8(19-20(16,21)17-2)6-10(18-7)14-5-4-9(12)13-11(14)15/h4-5,7-8,10H,3,6H2,1-2H3,(H,16,21)(H2,12,13,15)/t7-,8?,10?,20?/m1/s1. The molecule has 118 valence electrons. The second-order valence-electron chi connectivity index (χ2n) is 4.61.